The van der Waals surface area contributed by atoms with Crippen LogP contribution < -0.4 is 10.6 Å². The Morgan fingerprint density at radius 1 is 1.19 bits per heavy atom. The lowest BCUT2D eigenvalue weighted by molar-refractivity contribution is 0.139. The molecule has 1 aliphatic heterocycles. The fraction of sp³-hybridized carbons (Fsp3) is 0.611. The molecule has 2 N–H and O–H groups in total. The zero-order valence-electron chi connectivity index (χ0n) is 16.4. The maximum absolute atomic E-state index is 4.31. The Morgan fingerprint density at radius 2 is 1.96 bits per heavy atom. The lowest BCUT2D eigenvalue weighted by Gasteiger charge is -2.34. The van der Waals surface area contributed by atoms with E-state index < -0.39 is 0 Å². The SMILES string of the molecule is CN=C(NCc1nnc2ccccn12)NCC(C)CN1CCN(C)CC1.I. The van der Waals surface area contributed by atoms with Gasteiger partial charge in [0.15, 0.2) is 17.4 Å². The number of rotatable bonds is 6. The minimum atomic E-state index is 0. The van der Waals surface area contributed by atoms with Crippen LogP contribution in [0.5, 0.6) is 0 Å². The normalized spacial score (nSPS) is 17.5. The average molecular weight is 486 g/mol. The van der Waals surface area contributed by atoms with Gasteiger partial charge in [-0.25, -0.2) is 0 Å². The molecule has 0 aliphatic carbocycles. The molecule has 2 aromatic heterocycles. The van der Waals surface area contributed by atoms with Gasteiger partial charge in [0.1, 0.15) is 0 Å². The highest BCUT2D eigenvalue weighted by atomic mass is 127. The van der Waals surface area contributed by atoms with Crippen molar-refractivity contribution in [3.05, 3.63) is 30.2 Å². The second kappa shape index (κ2) is 10.8. The van der Waals surface area contributed by atoms with Crippen molar-refractivity contribution in [2.75, 3.05) is 53.4 Å². The molecular weight excluding hydrogens is 455 g/mol. The number of halogens is 1. The number of nitrogens with zero attached hydrogens (tertiary/aromatic N) is 6. The van der Waals surface area contributed by atoms with Crippen LogP contribution in [-0.2, 0) is 6.54 Å². The summed E-state index contributed by atoms with van der Waals surface area (Å²) in [7, 11) is 3.99. The highest BCUT2D eigenvalue weighted by molar-refractivity contribution is 14.0. The Balaban J connectivity index is 0.00000261. The molecule has 1 saturated heterocycles. The summed E-state index contributed by atoms with van der Waals surface area (Å²) in [4.78, 5) is 9.25. The van der Waals surface area contributed by atoms with Crippen molar-refractivity contribution in [2.45, 2.75) is 13.5 Å². The third-order valence-electron chi connectivity index (χ3n) is 4.81. The molecule has 0 spiro atoms. The highest BCUT2D eigenvalue weighted by Crippen LogP contribution is 2.04. The summed E-state index contributed by atoms with van der Waals surface area (Å²) in [5.41, 5.74) is 0.855. The van der Waals surface area contributed by atoms with Crippen molar-refractivity contribution >= 4 is 35.6 Å². The number of piperazine rings is 1. The Morgan fingerprint density at radius 3 is 2.70 bits per heavy atom. The van der Waals surface area contributed by atoms with Gasteiger partial charge in [0.2, 0.25) is 0 Å². The predicted octanol–water partition coefficient (Wildman–Crippen LogP) is 0.896. The second-order valence-electron chi connectivity index (χ2n) is 7.06. The molecule has 0 aromatic carbocycles. The van der Waals surface area contributed by atoms with Crippen LogP contribution in [0.4, 0.5) is 0 Å². The quantitative estimate of drug-likeness (QED) is 0.359. The number of nitrogens with one attached hydrogen (secondary N) is 2. The monoisotopic (exact) mass is 486 g/mol. The molecule has 3 heterocycles. The van der Waals surface area contributed by atoms with Crippen molar-refractivity contribution in [2.24, 2.45) is 10.9 Å². The topological polar surface area (TPSA) is 73.1 Å². The van der Waals surface area contributed by atoms with Gasteiger partial charge in [-0.1, -0.05) is 13.0 Å². The molecule has 8 nitrogen and oxygen atoms in total. The van der Waals surface area contributed by atoms with Gasteiger partial charge < -0.3 is 20.4 Å². The van der Waals surface area contributed by atoms with Crippen molar-refractivity contribution < 1.29 is 0 Å². The van der Waals surface area contributed by atoms with Gasteiger partial charge in [-0.05, 0) is 25.1 Å². The third-order valence-corrected chi connectivity index (χ3v) is 4.81. The van der Waals surface area contributed by atoms with Crippen LogP contribution in [0.2, 0.25) is 0 Å². The van der Waals surface area contributed by atoms with Gasteiger partial charge in [0.25, 0.3) is 0 Å². The Labute approximate surface area is 178 Å². The molecule has 27 heavy (non-hydrogen) atoms. The minimum Gasteiger partial charge on any atom is -0.356 e. The maximum atomic E-state index is 4.31. The molecule has 2 aromatic rings. The van der Waals surface area contributed by atoms with Crippen LogP contribution in [0.25, 0.3) is 5.65 Å². The van der Waals surface area contributed by atoms with Crippen LogP contribution in [0.3, 0.4) is 0 Å². The van der Waals surface area contributed by atoms with E-state index in [1.54, 1.807) is 7.05 Å². The number of likely N-dealkylation sites (N-methyl/N-ethyl adjacent to an activating group) is 1. The van der Waals surface area contributed by atoms with Crippen LogP contribution in [0.1, 0.15) is 12.7 Å². The summed E-state index contributed by atoms with van der Waals surface area (Å²) in [6, 6.07) is 5.89. The van der Waals surface area contributed by atoms with E-state index in [0.29, 0.717) is 12.5 Å². The molecule has 150 valence electrons. The molecular formula is C18H31IN8. The largest absolute Gasteiger partial charge is 0.356 e. The zero-order chi connectivity index (χ0) is 18.4. The van der Waals surface area contributed by atoms with Gasteiger partial charge >= 0.3 is 0 Å². The first kappa shape index (κ1) is 21.8. The standard InChI is InChI=1S/C18H30N8.HI/c1-15(14-25-10-8-24(3)9-11-25)12-20-18(19-2)21-13-17-23-22-16-6-4-5-7-26(16)17;/h4-7,15H,8-14H2,1-3H3,(H2,19,20,21);1H. The Hall–Kier alpha value is -1.46. The summed E-state index contributed by atoms with van der Waals surface area (Å²) in [5.74, 6) is 2.22. The summed E-state index contributed by atoms with van der Waals surface area (Å²) >= 11 is 0. The molecule has 0 amide bonds. The molecule has 9 heteroatoms. The molecule has 0 saturated carbocycles. The number of guanidine groups is 1. The molecule has 1 aliphatic rings. The summed E-state index contributed by atoms with van der Waals surface area (Å²) in [5, 5.41) is 15.2. The van der Waals surface area contributed by atoms with Gasteiger partial charge in [0.05, 0.1) is 6.54 Å². The smallest absolute Gasteiger partial charge is 0.191 e. The summed E-state index contributed by atoms with van der Waals surface area (Å²) in [6.07, 6.45) is 1.97. The number of hydrogen-bond acceptors (Lipinski definition) is 5. The number of hydrogen-bond donors (Lipinski definition) is 2. The summed E-state index contributed by atoms with van der Waals surface area (Å²) in [6.45, 7) is 9.52. The number of fused-ring (bicyclic) bond motifs is 1. The molecule has 3 rings (SSSR count). The minimum absolute atomic E-state index is 0. The fourth-order valence-electron chi connectivity index (χ4n) is 3.20. The first-order valence-electron chi connectivity index (χ1n) is 9.29. The Kier molecular flexibility index (Phi) is 8.71. The maximum Gasteiger partial charge on any atom is 0.191 e. The lowest BCUT2D eigenvalue weighted by atomic mass is 10.1. The second-order valence-corrected chi connectivity index (χ2v) is 7.06. The van der Waals surface area contributed by atoms with Crippen molar-refractivity contribution in [3.8, 4) is 0 Å². The molecule has 1 fully saturated rings. The van der Waals surface area contributed by atoms with E-state index >= 15 is 0 Å². The highest BCUT2D eigenvalue weighted by Gasteiger charge is 2.16. The fourth-order valence-corrected chi connectivity index (χ4v) is 3.20. The van der Waals surface area contributed by atoms with Crippen LogP contribution in [0.15, 0.2) is 29.4 Å². The van der Waals surface area contributed by atoms with E-state index in [0.717, 1.165) is 56.7 Å². The van der Waals surface area contributed by atoms with Crippen molar-refractivity contribution in [3.63, 3.8) is 0 Å². The van der Waals surface area contributed by atoms with Crippen LogP contribution in [-0.4, -0.2) is 83.7 Å². The zero-order valence-corrected chi connectivity index (χ0v) is 18.8. The van der Waals surface area contributed by atoms with Gasteiger partial charge in [-0.2, -0.15) is 0 Å². The van der Waals surface area contributed by atoms with Crippen molar-refractivity contribution in [1.82, 2.24) is 35.0 Å². The first-order chi connectivity index (χ1) is 12.7. The van der Waals surface area contributed by atoms with Gasteiger partial charge in [0, 0.05) is 52.5 Å². The number of aliphatic imine (C=N–C) groups is 1. The average Bonchev–Trinajstić information content (AvgIpc) is 3.07. The molecule has 0 radical (unpaired) electrons. The van der Waals surface area contributed by atoms with E-state index in [4.69, 9.17) is 0 Å². The van der Waals surface area contributed by atoms with Crippen LogP contribution in [0, 0.1) is 5.92 Å². The van der Waals surface area contributed by atoms with E-state index in [1.807, 2.05) is 28.8 Å². The van der Waals surface area contributed by atoms with Crippen molar-refractivity contribution in [1.29, 1.82) is 0 Å². The third kappa shape index (κ3) is 6.28. The van der Waals surface area contributed by atoms with E-state index in [9.17, 15) is 0 Å². The first-order valence-corrected chi connectivity index (χ1v) is 9.29. The van der Waals surface area contributed by atoms with Crippen LogP contribution >= 0.6 is 24.0 Å². The molecule has 1 atom stereocenters. The Bertz CT molecular complexity index is 723. The summed E-state index contributed by atoms with van der Waals surface area (Å²) < 4.78 is 1.98. The molecule has 1 unspecified atom stereocenters. The van der Waals surface area contributed by atoms with Gasteiger partial charge in [-0.3, -0.25) is 9.39 Å². The predicted molar refractivity (Wildman–Crippen MR) is 120 cm³/mol. The van der Waals surface area contributed by atoms with E-state index in [2.05, 4.69) is 49.6 Å². The molecule has 0 bridgehead atoms. The number of aromatic nitrogens is 3. The van der Waals surface area contributed by atoms with Gasteiger partial charge in [-0.15, -0.1) is 34.2 Å². The lowest BCUT2D eigenvalue weighted by Crippen LogP contribution is -2.47. The van der Waals surface area contributed by atoms with E-state index in [-0.39, 0.29) is 24.0 Å². The number of pyridine rings is 1. The van der Waals surface area contributed by atoms with E-state index in [1.165, 1.54) is 0 Å².